The summed E-state index contributed by atoms with van der Waals surface area (Å²) < 4.78 is 5.67. The predicted octanol–water partition coefficient (Wildman–Crippen LogP) is 3.21. The zero-order valence-electron chi connectivity index (χ0n) is 13.2. The van der Waals surface area contributed by atoms with Crippen LogP contribution in [-0.4, -0.2) is 29.4 Å². The molecule has 1 N–H and O–H groups in total. The molecule has 0 aliphatic rings. The van der Waals surface area contributed by atoms with Crippen molar-refractivity contribution < 1.29 is 9.21 Å². The van der Waals surface area contributed by atoms with Crippen molar-refractivity contribution in [3.63, 3.8) is 0 Å². The van der Waals surface area contributed by atoms with Gasteiger partial charge in [-0.25, -0.2) is 4.98 Å². The van der Waals surface area contributed by atoms with Crippen LogP contribution in [0.15, 0.2) is 52.9 Å². The summed E-state index contributed by atoms with van der Waals surface area (Å²) in [6, 6.07) is 15.4. The van der Waals surface area contributed by atoms with E-state index in [0.29, 0.717) is 12.4 Å². The molecule has 0 radical (unpaired) electrons. The molecule has 0 saturated carbocycles. The lowest BCUT2D eigenvalue weighted by Crippen LogP contribution is -2.29. The average Bonchev–Trinajstić information content (AvgIpc) is 2.91. The van der Waals surface area contributed by atoms with Gasteiger partial charge in [-0.1, -0.05) is 29.8 Å². The molecule has 2 aromatic carbocycles. The Bertz CT molecular complexity index is 776. The van der Waals surface area contributed by atoms with Crippen molar-refractivity contribution >= 4 is 22.7 Å². The lowest BCUT2D eigenvalue weighted by atomic mass is 10.2. The Morgan fingerprint density at radius 1 is 1.17 bits per heavy atom. The third-order valence-corrected chi connectivity index (χ3v) is 3.49. The maximum Gasteiger partial charge on any atom is 0.238 e. The minimum atomic E-state index is -0.0625. The summed E-state index contributed by atoms with van der Waals surface area (Å²) in [4.78, 5) is 18.3. The lowest BCUT2D eigenvalue weighted by Gasteiger charge is -2.14. The minimum Gasteiger partial charge on any atom is -0.439 e. The largest absolute Gasteiger partial charge is 0.439 e. The highest BCUT2D eigenvalue weighted by atomic mass is 16.3. The molecule has 0 atom stereocenters. The number of oxazole rings is 1. The first-order valence-corrected chi connectivity index (χ1v) is 7.50. The molecule has 3 rings (SSSR count). The number of aromatic nitrogens is 1. The Labute approximate surface area is 134 Å². The molecule has 5 nitrogen and oxygen atoms in total. The molecule has 0 aliphatic heterocycles. The topological polar surface area (TPSA) is 58.4 Å². The van der Waals surface area contributed by atoms with E-state index in [1.807, 2.05) is 67.4 Å². The second-order valence-electron chi connectivity index (χ2n) is 5.66. The zero-order chi connectivity index (χ0) is 16.2. The van der Waals surface area contributed by atoms with Crippen LogP contribution >= 0.6 is 0 Å². The van der Waals surface area contributed by atoms with Crippen molar-refractivity contribution in [1.29, 1.82) is 0 Å². The van der Waals surface area contributed by atoms with E-state index in [9.17, 15) is 4.79 Å². The van der Waals surface area contributed by atoms with E-state index in [4.69, 9.17) is 4.42 Å². The molecule has 1 heterocycles. The highest BCUT2D eigenvalue weighted by Gasteiger charge is 2.11. The van der Waals surface area contributed by atoms with Crippen LogP contribution in [0.25, 0.3) is 11.1 Å². The van der Waals surface area contributed by atoms with E-state index in [1.54, 1.807) is 0 Å². The van der Waals surface area contributed by atoms with Crippen molar-refractivity contribution in [2.45, 2.75) is 13.5 Å². The van der Waals surface area contributed by atoms with E-state index in [1.165, 1.54) is 0 Å². The number of hydrogen-bond acceptors (Lipinski definition) is 4. The molecule has 5 heteroatoms. The maximum atomic E-state index is 12.1. The van der Waals surface area contributed by atoms with Crippen LogP contribution in [0.2, 0.25) is 0 Å². The van der Waals surface area contributed by atoms with Gasteiger partial charge in [-0.3, -0.25) is 9.69 Å². The van der Waals surface area contributed by atoms with Crippen LogP contribution in [0.5, 0.6) is 0 Å². The number of likely N-dealkylation sites (N-methyl/N-ethyl adjacent to an activating group) is 1. The molecule has 0 unspecified atom stereocenters. The molecule has 118 valence electrons. The van der Waals surface area contributed by atoms with Crippen LogP contribution in [-0.2, 0) is 11.3 Å². The minimum absolute atomic E-state index is 0.0625. The highest BCUT2D eigenvalue weighted by Crippen LogP contribution is 2.15. The first-order chi connectivity index (χ1) is 11.1. The number of carbonyl (C=O) groups is 1. The molecule has 0 saturated heterocycles. The molecular weight excluding hydrogens is 290 g/mol. The number of amides is 1. The number of hydrogen-bond donors (Lipinski definition) is 1. The van der Waals surface area contributed by atoms with Gasteiger partial charge in [-0.15, -0.1) is 0 Å². The predicted molar refractivity (Wildman–Crippen MR) is 90.2 cm³/mol. The van der Waals surface area contributed by atoms with Gasteiger partial charge in [-0.2, -0.15) is 0 Å². The van der Waals surface area contributed by atoms with Gasteiger partial charge in [-0.05, 0) is 38.2 Å². The van der Waals surface area contributed by atoms with Gasteiger partial charge in [0.05, 0.1) is 13.1 Å². The standard InChI is InChI=1S/C18H19N3O2/c1-13-7-9-14(10-8-13)19-17(22)11-21(2)12-18-20-15-5-3-4-6-16(15)23-18/h3-10H,11-12H2,1-2H3,(H,19,22). The average molecular weight is 309 g/mol. The van der Waals surface area contributed by atoms with Crippen LogP contribution in [0.1, 0.15) is 11.5 Å². The van der Waals surface area contributed by atoms with Crippen LogP contribution in [0.4, 0.5) is 5.69 Å². The number of aryl methyl sites for hydroxylation is 1. The summed E-state index contributed by atoms with van der Waals surface area (Å²) in [6.07, 6.45) is 0. The summed E-state index contributed by atoms with van der Waals surface area (Å²) >= 11 is 0. The number of benzene rings is 2. The first kappa shape index (κ1) is 15.2. The number of rotatable bonds is 5. The van der Waals surface area contributed by atoms with Crippen LogP contribution in [0, 0.1) is 6.92 Å². The zero-order valence-corrected chi connectivity index (χ0v) is 13.2. The molecular formula is C18H19N3O2. The van der Waals surface area contributed by atoms with Gasteiger partial charge in [0.25, 0.3) is 0 Å². The Kier molecular flexibility index (Phi) is 4.39. The van der Waals surface area contributed by atoms with Crippen LogP contribution < -0.4 is 5.32 Å². The van der Waals surface area contributed by atoms with Gasteiger partial charge in [0, 0.05) is 5.69 Å². The van der Waals surface area contributed by atoms with E-state index >= 15 is 0 Å². The molecule has 3 aromatic rings. The quantitative estimate of drug-likeness (QED) is 0.786. The Morgan fingerprint density at radius 2 is 1.91 bits per heavy atom. The SMILES string of the molecule is Cc1ccc(NC(=O)CN(C)Cc2nc3ccccc3o2)cc1. The van der Waals surface area contributed by atoms with Crippen molar-refractivity contribution in [2.75, 3.05) is 18.9 Å². The van der Waals surface area contributed by atoms with E-state index in [2.05, 4.69) is 10.3 Å². The third-order valence-electron chi connectivity index (χ3n) is 3.49. The molecule has 23 heavy (non-hydrogen) atoms. The summed E-state index contributed by atoms with van der Waals surface area (Å²) in [7, 11) is 1.86. The fraction of sp³-hybridized carbons (Fsp3) is 0.222. The molecule has 0 aliphatic carbocycles. The molecule has 0 spiro atoms. The second-order valence-corrected chi connectivity index (χ2v) is 5.66. The van der Waals surface area contributed by atoms with E-state index in [-0.39, 0.29) is 12.5 Å². The Hall–Kier alpha value is -2.66. The summed E-state index contributed by atoms with van der Waals surface area (Å²) in [5.41, 5.74) is 3.56. The van der Waals surface area contributed by atoms with Crippen LogP contribution in [0.3, 0.4) is 0 Å². The van der Waals surface area contributed by atoms with E-state index in [0.717, 1.165) is 22.4 Å². The maximum absolute atomic E-state index is 12.1. The number of carbonyl (C=O) groups excluding carboxylic acids is 1. The fourth-order valence-electron chi connectivity index (χ4n) is 2.36. The molecule has 1 aromatic heterocycles. The van der Waals surface area contributed by atoms with Crippen molar-refractivity contribution in [1.82, 2.24) is 9.88 Å². The molecule has 0 bridgehead atoms. The number of anilines is 1. The van der Waals surface area contributed by atoms with Gasteiger partial charge < -0.3 is 9.73 Å². The molecule has 0 fully saturated rings. The number of nitrogens with one attached hydrogen (secondary N) is 1. The molecule has 1 amide bonds. The Morgan fingerprint density at radius 3 is 2.65 bits per heavy atom. The second kappa shape index (κ2) is 6.62. The lowest BCUT2D eigenvalue weighted by molar-refractivity contribution is -0.117. The third kappa shape index (κ3) is 3.96. The fourth-order valence-corrected chi connectivity index (χ4v) is 2.36. The van der Waals surface area contributed by atoms with Gasteiger partial charge in [0.2, 0.25) is 11.8 Å². The van der Waals surface area contributed by atoms with Crippen molar-refractivity contribution in [2.24, 2.45) is 0 Å². The highest BCUT2D eigenvalue weighted by molar-refractivity contribution is 5.92. The van der Waals surface area contributed by atoms with Gasteiger partial charge in [0.1, 0.15) is 5.52 Å². The Balaban J connectivity index is 1.56. The normalized spacial score (nSPS) is 11.1. The van der Waals surface area contributed by atoms with Gasteiger partial charge >= 0.3 is 0 Å². The summed E-state index contributed by atoms with van der Waals surface area (Å²) in [6.45, 7) is 2.77. The number of para-hydroxylation sites is 2. The van der Waals surface area contributed by atoms with Gasteiger partial charge in [0.15, 0.2) is 5.58 Å². The summed E-state index contributed by atoms with van der Waals surface area (Å²) in [5, 5.41) is 2.88. The summed E-state index contributed by atoms with van der Waals surface area (Å²) in [5.74, 6) is 0.546. The smallest absolute Gasteiger partial charge is 0.238 e. The first-order valence-electron chi connectivity index (χ1n) is 7.50. The van der Waals surface area contributed by atoms with E-state index < -0.39 is 0 Å². The number of fused-ring (bicyclic) bond motifs is 1. The monoisotopic (exact) mass is 309 g/mol. The number of nitrogens with zero attached hydrogens (tertiary/aromatic N) is 2. The van der Waals surface area contributed by atoms with Crippen molar-refractivity contribution in [3.8, 4) is 0 Å². The van der Waals surface area contributed by atoms with Crippen molar-refractivity contribution in [3.05, 3.63) is 60.0 Å².